The van der Waals surface area contributed by atoms with Crippen LogP contribution >= 0.6 is 0 Å². The van der Waals surface area contributed by atoms with E-state index in [-0.39, 0.29) is 0 Å². The second kappa shape index (κ2) is 3.51. The predicted octanol–water partition coefficient (Wildman–Crippen LogP) is 3.18. The van der Waals surface area contributed by atoms with Gasteiger partial charge in [-0.05, 0) is 17.8 Å². The summed E-state index contributed by atoms with van der Waals surface area (Å²) in [7, 11) is 0. The molecule has 0 fully saturated rings. The molecule has 1 N–H and O–H groups in total. The minimum absolute atomic E-state index is 0.298. The fraction of sp³-hybridized carbons (Fsp3) is 0.818. The molecule has 0 saturated heterocycles. The van der Waals surface area contributed by atoms with Gasteiger partial charge < -0.3 is 5.32 Å². The van der Waals surface area contributed by atoms with Gasteiger partial charge in [0.2, 0.25) is 0 Å². The fourth-order valence-electron chi connectivity index (χ4n) is 0.637. The maximum absolute atomic E-state index is 3.83. The molecule has 12 heavy (non-hydrogen) atoms. The number of hydrogen-bond acceptors (Lipinski definition) is 1. The van der Waals surface area contributed by atoms with Crippen LogP contribution in [0.2, 0.25) is 0 Å². The molecule has 0 aromatic heterocycles. The van der Waals surface area contributed by atoms with Crippen LogP contribution in [0.3, 0.4) is 0 Å². The van der Waals surface area contributed by atoms with Gasteiger partial charge in [0.25, 0.3) is 0 Å². The lowest BCUT2D eigenvalue weighted by molar-refractivity contribution is 0.133. The topological polar surface area (TPSA) is 12.0 Å². The van der Waals surface area contributed by atoms with Crippen LogP contribution in [0.15, 0.2) is 12.3 Å². The largest absolute Gasteiger partial charge is 0.388 e. The van der Waals surface area contributed by atoms with Gasteiger partial charge in [0, 0.05) is 12.2 Å². The van der Waals surface area contributed by atoms with Crippen molar-refractivity contribution in [3.63, 3.8) is 0 Å². The van der Waals surface area contributed by atoms with Crippen molar-refractivity contribution in [2.75, 3.05) is 6.54 Å². The first kappa shape index (κ1) is 11.5. The van der Waals surface area contributed by atoms with E-state index >= 15 is 0 Å². The van der Waals surface area contributed by atoms with Gasteiger partial charge >= 0.3 is 0 Å². The average Bonchev–Trinajstić information content (AvgIpc) is 1.81. The molecule has 0 radical (unpaired) electrons. The van der Waals surface area contributed by atoms with Crippen molar-refractivity contribution in [3.8, 4) is 0 Å². The summed E-state index contributed by atoms with van der Waals surface area (Å²) in [5, 5.41) is 3.30. The van der Waals surface area contributed by atoms with E-state index in [4.69, 9.17) is 0 Å². The van der Waals surface area contributed by atoms with Crippen molar-refractivity contribution in [2.24, 2.45) is 10.8 Å². The highest BCUT2D eigenvalue weighted by atomic mass is 14.9. The lowest BCUT2D eigenvalue weighted by Crippen LogP contribution is -2.38. The summed E-state index contributed by atoms with van der Waals surface area (Å²) in [6.45, 7) is 18.2. The van der Waals surface area contributed by atoms with Gasteiger partial charge in [0.15, 0.2) is 0 Å². The highest BCUT2D eigenvalue weighted by Gasteiger charge is 2.32. The van der Waals surface area contributed by atoms with Gasteiger partial charge in [-0.25, -0.2) is 0 Å². The van der Waals surface area contributed by atoms with Crippen LogP contribution < -0.4 is 5.32 Å². The van der Waals surface area contributed by atoms with Crippen LogP contribution in [0.25, 0.3) is 0 Å². The molecule has 0 rings (SSSR count). The van der Waals surface area contributed by atoms with E-state index in [0.29, 0.717) is 10.8 Å². The van der Waals surface area contributed by atoms with Gasteiger partial charge in [-0.3, -0.25) is 0 Å². The zero-order chi connectivity index (χ0) is 9.99. The van der Waals surface area contributed by atoms with E-state index in [1.54, 1.807) is 0 Å². The van der Waals surface area contributed by atoms with Crippen LogP contribution in [0.5, 0.6) is 0 Å². The lowest BCUT2D eigenvalue weighted by atomic mass is 9.69. The fourth-order valence-corrected chi connectivity index (χ4v) is 0.637. The SMILES string of the molecule is C=C(C)NCC(C)(C)C(C)(C)C. The first-order valence-electron chi connectivity index (χ1n) is 4.56. The summed E-state index contributed by atoms with van der Waals surface area (Å²) in [6, 6.07) is 0. The zero-order valence-corrected chi connectivity index (χ0v) is 9.41. The van der Waals surface area contributed by atoms with Crippen molar-refractivity contribution >= 4 is 0 Å². The molecule has 0 aromatic rings. The molecule has 0 bridgehead atoms. The van der Waals surface area contributed by atoms with E-state index in [0.717, 1.165) is 12.2 Å². The Labute approximate surface area is 77.2 Å². The van der Waals surface area contributed by atoms with Gasteiger partial charge in [-0.15, -0.1) is 0 Å². The van der Waals surface area contributed by atoms with Crippen LogP contribution in [0.1, 0.15) is 41.5 Å². The minimum atomic E-state index is 0.298. The van der Waals surface area contributed by atoms with E-state index in [9.17, 15) is 0 Å². The first-order chi connectivity index (χ1) is 5.17. The Morgan fingerprint density at radius 1 is 1.17 bits per heavy atom. The molecular formula is C11H23N. The van der Waals surface area contributed by atoms with Crippen LogP contribution in [0, 0.1) is 10.8 Å². The molecule has 0 aliphatic rings. The molecule has 0 amide bonds. The number of hydrogen-bond donors (Lipinski definition) is 1. The van der Waals surface area contributed by atoms with Crippen LogP contribution in [0.4, 0.5) is 0 Å². The summed E-state index contributed by atoms with van der Waals surface area (Å²) < 4.78 is 0. The van der Waals surface area contributed by atoms with Crippen molar-refractivity contribution in [3.05, 3.63) is 12.3 Å². The molecule has 0 aliphatic heterocycles. The third kappa shape index (κ3) is 3.29. The summed E-state index contributed by atoms with van der Waals surface area (Å²) >= 11 is 0. The Kier molecular flexibility index (Phi) is 3.37. The molecule has 0 saturated carbocycles. The second-order valence-corrected chi connectivity index (χ2v) is 5.27. The molecule has 0 spiro atoms. The van der Waals surface area contributed by atoms with E-state index < -0.39 is 0 Å². The Hall–Kier alpha value is -0.460. The lowest BCUT2D eigenvalue weighted by Gasteiger charge is -2.39. The Morgan fingerprint density at radius 2 is 1.58 bits per heavy atom. The van der Waals surface area contributed by atoms with Crippen molar-refractivity contribution in [1.82, 2.24) is 5.32 Å². The first-order valence-corrected chi connectivity index (χ1v) is 4.56. The molecule has 72 valence electrons. The van der Waals surface area contributed by atoms with Crippen LogP contribution in [-0.2, 0) is 0 Å². The average molecular weight is 169 g/mol. The Bertz CT molecular complexity index is 160. The normalized spacial score (nSPS) is 12.8. The third-order valence-corrected chi connectivity index (χ3v) is 2.86. The van der Waals surface area contributed by atoms with E-state index in [1.165, 1.54) is 0 Å². The van der Waals surface area contributed by atoms with Gasteiger partial charge in [-0.1, -0.05) is 41.2 Å². The molecular weight excluding hydrogens is 146 g/mol. The molecule has 0 unspecified atom stereocenters. The van der Waals surface area contributed by atoms with Gasteiger partial charge in [0.1, 0.15) is 0 Å². The standard InChI is InChI=1S/C11H23N/c1-9(2)12-8-11(6,7)10(3,4)5/h12H,1,8H2,2-7H3. The summed E-state index contributed by atoms with van der Waals surface area (Å²) in [5.41, 5.74) is 1.67. The smallest absolute Gasteiger partial charge is 0.0199 e. The third-order valence-electron chi connectivity index (χ3n) is 2.86. The minimum Gasteiger partial charge on any atom is -0.388 e. The quantitative estimate of drug-likeness (QED) is 0.684. The molecule has 1 nitrogen and oxygen atoms in total. The maximum atomic E-state index is 3.83. The van der Waals surface area contributed by atoms with Gasteiger partial charge in [0.05, 0.1) is 0 Å². The Balaban J connectivity index is 4.14. The van der Waals surface area contributed by atoms with Gasteiger partial charge in [-0.2, -0.15) is 0 Å². The summed E-state index contributed by atoms with van der Waals surface area (Å²) in [5.74, 6) is 0. The number of rotatable bonds is 3. The summed E-state index contributed by atoms with van der Waals surface area (Å²) in [6.07, 6.45) is 0. The Morgan fingerprint density at radius 3 is 1.83 bits per heavy atom. The van der Waals surface area contributed by atoms with Crippen molar-refractivity contribution < 1.29 is 0 Å². The highest BCUT2D eigenvalue weighted by Crippen LogP contribution is 2.37. The molecule has 0 atom stereocenters. The molecule has 1 heteroatoms. The van der Waals surface area contributed by atoms with E-state index in [2.05, 4.69) is 46.5 Å². The van der Waals surface area contributed by atoms with Crippen molar-refractivity contribution in [2.45, 2.75) is 41.5 Å². The molecule has 0 aromatic carbocycles. The number of nitrogens with one attached hydrogen (secondary N) is 1. The molecule has 0 heterocycles. The molecule has 0 aliphatic carbocycles. The van der Waals surface area contributed by atoms with Crippen molar-refractivity contribution in [1.29, 1.82) is 0 Å². The summed E-state index contributed by atoms with van der Waals surface area (Å²) in [4.78, 5) is 0. The zero-order valence-electron chi connectivity index (χ0n) is 9.41. The number of allylic oxidation sites excluding steroid dienone is 1. The monoisotopic (exact) mass is 169 g/mol. The van der Waals surface area contributed by atoms with Crippen LogP contribution in [-0.4, -0.2) is 6.54 Å². The van der Waals surface area contributed by atoms with E-state index in [1.807, 2.05) is 6.92 Å². The second-order valence-electron chi connectivity index (χ2n) is 5.27. The predicted molar refractivity (Wildman–Crippen MR) is 56.1 cm³/mol. The highest BCUT2D eigenvalue weighted by molar-refractivity contribution is 4.91. The maximum Gasteiger partial charge on any atom is 0.0199 e.